The molecular weight excluding hydrogens is 248 g/mol. The topological polar surface area (TPSA) is 65.7 Å². The van der Waals surface area contributed by atoms with Gasteiger partial charge in [-0.15, -0.1) is 11.3 Å². The Morgan fingerprint density at radius 3 is 2.25 bits per heavy atom. The number of fused-ring (bicyclic) bond motifs is 1. The SMILES string of the molecule is CC(C)(C)c1c(Cl)sc2[nH]c(=O)c(=O)[nH]c12. The molecule has 0 saturated heterocycles. The average molecular weight is 259 g/mol. The van der Waals surface area contributed by atoms with Crippen molar-refractivity contribution in [1.82, 2.24) is 9.97 Å². The summed E-state index contributed by atoms with van der Waals surface area (Å²) in [5.41, 5.74) is 0.0178. The van der Waals surface area contributed by atoms with E-state index in [1.165, 1.54) is 11.3 Å². The Balaban J connectivity index is 2.96. The Morgan fingerprint density at radius 2 is 1.69 bits per heavy atom. The van der Waals surface area contributed by atoms with E-state index in [4.69, 9.17) is 11.6 Å². The van der Waals surface area contributed by atoms with Crippen LogP contribution in [0.15, 0.2) is 9.59 Å². The third kappa shape index (κ3) is 1.70. The van der Waals surface area contributed by atoms with Crippen molar-refractivity contribution in [2.24, 2.45) is 0 Å². The summed E-state index contributed by atoms with van der Waals surface area (Å²) < 4.78 is 0.597. The number of H-pyrrole nitrogens is 2. The smallest absolute Gasteiger partial charge is 0.314 e. The highest BCUT2D eigenvalue weighted by molar-refractivity contribution is 7.22. The van der Waals surface area contributed by atoms with E-state index in [2.05, 4.69) is 9.97 Å². The highest BCUT2D eigenvalue weighted by Gasteiger charge is 2.24. The number of hydrogen-bond acceptors (Lipinski definition) is 3. The normalized spacial score (nSPS) is 12.2. The fraction of sp³-hybridized carbons (Fsp3) is 0.400. The molecule has 4 nitrogen and oxygen atoms in total. The van der Waals surface area contributed by atoms with E-state index >= 15 is 0 Å². The van der Waals surface area contributed by atoms with Gasteiger partial charge in [0.2, 0.25) is 0 Å². The number of halogens is 1. The van der Waals surface area contributed by atoms with Crippen LogP contribution in [0.2, 0.25) is 4.34 Å². The highest BCUT2D eigenvalue weighted by atomic mass is 35.5. The second-order valence-electron chi connectivity index (χ2n) is 4.61. The minimum atomic E-state index is -0.647. The molecule has 2 N–H and O–H groups in total. The first-order valence-electron chi connectivity index (χ1n) is 4.76. The number of aromatic nitrogens is 2. The van der Waals surface area contributed by atoms with Crippen LogP contribution in [0, 0.1) is 0 Å². The predicted octanol–water partition coefficient (Wildman–Crippen LogP) is 2.23. The van der Waals surface area contributed by atoms with E-state index in [-0.39, 0.29) is 5.41 Å². The van der Waals surface area contributed by atoms with Gasteiger partial charge in [-0.05, 0) is 5.41 Å². The number of thiophene rings is 1. The van der Waals surface area contributed by atoms with Gasteiger partial charge in [-0.3, -0.25) is 9.59 Å². The summed E-state index contributed by atoms with van der Waals surface area (Å²) in [6.07, 6.45) is 0. The van der Waals surface area contributed by atoms with E-state index < -0.39 is 11.1 Å². The first kappa shape index (κ1) is 11.4. The minimum Gasteiger partial charge on any atom is -0.315 e. The van der Waals surface area contributed by atoms with Crippen molar-refractivity contribution in [2.45, 2.75) is 26.2 Å². The largest absolute Gasteiger partial charge is 0.315 e. The van der Waals surface area contributed by atoms with Crippen molar-refractivity contribution in [3.63, 3.8) is 0 Å². The maximum absolute atomic E-state index is 11.3. The summed E-state index contributed by atoms with van der Waals surface area (Å²) in [5.74, 6) is 0. The lowest BCUT2D eigenvalue weighted by Gasteiger charge is -2.17. The summed E-state index contributed by atoms with van der Waals surface area (Å²) in [4.78, 5) is 28.2. The number of aromatic amines is 2. The Kier molecular flexibility index (Phi) is 2.47. The van der Waals surface area contributed by atoms with Crippen LogP contribution in [-0.2, 0) is 5.41 Å². The van der Waals surface area contributed by atoms with Crippen molar-refractivity contribution in [3.05, 3.63) is 30.6 Å². The van der Waals surface area contributed by atoms with Crippen LogP contribution < -0.4 is 11.1 Å². The van der Waals surface area contributed by atoms with Gasteiger partial charge in [-0.25, -0.2) is 0 Å². The Bertz CT molecular complexity index is 660. The van der Waals surface area contributed by atoms with Crippen molar-refractivity contribution < 1.29 is 0 Å². The summed E-state index contributed by atoms with van der Waals surface area (Å²) in [6, 6.07) is 0. The second kappa shape index (κ2) is 3.46. The average Bonchev–Trinajstić information content (AvgIpc) is 2.40. The second-order valence-corrected chi connectivity index (χ2v) is 6.24. The first-order valence-corrected chi connectivity index (χ1v) is 5.95. The molecule has 86 valence electrons. The Labute approximate surface area is 100 Å². The van der Waals surface area contributed by atoms with Crippen LogP contribution in [0.4, 0.5) is 0 Å². The van der Waals surface area contributed by atoms with Crippen molar-refractivity contribution >= 4 is 33.3 Å². The maximum atomic E-state index is 11.3. The molecule has 0 radical (unpaired) electrons. The number of nitrogens with one attached hydrogen (secondary N) is 2. The van der Waals surface area contributed by atoms with Crippen LogP contribution in [0.3, 0.4) is 0 Å². The molecule has 6 heteroatoms. The zero-order chi connectivity index (χ0) is 12.1. The molecule has 2 rings (SSSR count). The van der Waals surface area contributed by atoms with Gasteiger partial charge >= 0.3 is 11.1 Å². The third-order valence-corrected chi connectivity index (χ3v) is 3.60. The van der Waals surface area contributed by atoms with E-state index in [0.29, 0.717) is 14.7 Å². The summed E-state index contributed by atoms with van der Waals surface area (Å²) >= 11 is 7.40. The molecule has 0 aliphatic rings. The molecule has 0 spiro atoms. The fourth-order valence-electron chi connectivity index (χ4n) is 1.61. The molecule has 16 heavy (non-hydrogen) atoms. The molecule has 0 atom stereocenters. The summed E-state index contributed by atoms with van der Waals surface area (Å²) in [6.45, 7) is 6.01. The summed E-state index contributed by atoms with van der Waals surface area (Å²) in [5, 5.41) is 0. The quantitative estimate of drug-likeness (QED) is 0.712. The van der Waals surface area contributed by atoms with E-state index in [0.717, 1.165) is 5.56 Å². The van der Waals surface area contributed by atoms with E-state index in [1.807, 2.05) is 20.8 Å². The third-order valence-electron chi connectivity index (χ3n) is 2.29. The van der Waals surface area contributed by atoms with Crippen molar-refractivity contribution in [2.75, 3.05) is 0 Å². The maximum Gasteiger partial charge on any atom is 0.314 e. The van der Waals surface area contributed by atoms with Crippen LogP contribution in [0.1, 0.15) is 26.3 Å². The van der Waals surface area contributed by atoms with Crippen molar-refractivity contribution in [1.29, 1.82) is 0 Å². The standard InChI is InChI=1S/C10H11ClN2O2S/c1-10(2,3)4-5-9(16-6(4)11)13-8(15)7(14)12-5/h1-3H3,(H,12,14)(H,13,15). The van der Waals surface area contributed by atoms with Gasteiger partial charge in [0.15, 0.2) is 0 Å². The summed E-state index contributed by atoms with van der Waals surface area (Å²) in [7, 11) is 0. The van der Waals surface area contributed by atoms with Gasteiger partial charge in [-0.1, -0.05) is 32.4 Å². The van der Waals surface area contributed by atoms with E-state index in [9.17, 15) is 9.59 Å². The molecule has 0 unspecified atom stereocenters. The lowest BCUT2D eigenvalue weighted by atomic mass is 9.88. The molecule has 2 heterocycles. The molecule has 0 amide bonds. The first-order chi connectivity index (χ1) is 7.30. The molecular formula is C10H11ClN2O2S. The molecule has 0 bridgehead atoms. The number of rotatable bonds is 0. The molecule has 0 aliphatic heterocycles. The van der Waals surface area contributed by atoms with Gasteiger partial charge in [0.05, 0.1) is 5.52 Å². The Hall–Kier alpha value is -1.07. The molecule has 2 aromatic heterocycles. The zero-order valence-electron chi connectivity index (χ0n) is 9.10. The molecule has 0 fully saturated rings. The van der Waals surface area contributed by atoms with Gasteiger partial charge in [-0.2, -0.15) is 0 Å². The molecule has 2 aromatic rings. The zero-order valence-corrected chi connectivity index (χ0v) is 10.7. The fourth-order valence-corrected chi connectivity index (χ4v) is 3.31. The van der Waals surface area contributed by atoms with Gasteiger partial charge in [0.25, 0.3) is 0 Å². The predicted molar refractivity (Wildman–Crippen MR) is 66.8 cm³/mol. The number of hydrogen-bond donors (Lipinski definition) is 2. The monoisotopic (exact) mass is 258 g/mol. The van der Waals surface area contributed by atoms with Crippen LogP contribution in [0.5, 0.6) is 0 Å². The van der Waals surface area contributed by atoms with E-state index in [1.54, 1.807) is 0 Å². The molecule has 0 aliphatic carbocycles. The van der Waals surface area contributed by atoms with Gasteiger partial charge in [0.1, 0.15) is 9.17 Å². The highest BCUT2D eigenvalue weighted by Crippen LogP contribution is 2.39. The Morgan fingerprint density at radius 1 is 1.12 bits per heavy atom. The van der Waals surface area contributed by atoms with Crippen LogP contribution in [0.25, 0.3) is 10.3 Å². The van der Waals surface area contributed by atoms with Gasteiger partial charge < -0.3 is 9.97 Å². The van der Waals surface area contributed by atoms with Crippen LogP contribution in [-0.4, -0.2) is 9.97 Å². The lowest BCUT2D eigenvalue weighted by Crippen LogP contribution is -2.29. The van der Waals surface area contributed by atoms with Crippen molar-refractivity contribution in [3.8, 4) is 0 Å². The molecule has 0 aromatic carbocycles. The minimum absolute atomic E-state index is 0.184. The van der Waals surface area contributed by atoms with Gasteiger partial charge in [0, 0.05) is 5.56 Å². The molecule has 0 saturated carbocycles. The van der Waals surface area contributed by atoms with Crippen LogP contribution >= 0.6 is 22.9 Å². The lowest BCUT2D eigenvalue weighted by molar-refractivity contribution is 0.596.